The van der Waals surface area contributed by atoms with Crippen LogP contribution in [0.25, 0.3) is 0 Å². The van der Waals surface area contributed by atoms with Crippen molar-refractivity contribution in [1.29, 1.82) is 0 Å². The Morgan fingerprint density at radius 1 is 0.962 bits per heavy atom. The van der Waals surface area contributed by atoms with E-state index in [0.29, 0.717) is 10.8 Å². The van der Waals surface area contributed by atoms with Gasteiger partial charge in [-0.1, -0.05) is 48.0 Å². The maximum atomic E-state index is 12.4. The van der Waals surface area contributed by atoms with Gasteiger partial charge in [-0.2, -0.15) is 0 Å². The molecule has 3 aromatic rings. The van der Waals surface area contributed by atoms with E-state index in [1.807, 2.05) is 67.6 Å². The normalized spacial score (nSPS) is 10.2. The molecule has 0 unspecified atom stereocenters. The summed E-state index contributed by atoms with van der Waals surface area (Å²) in [6.07, 6.45) is 0. The fourth-order valence-corrected chi connectivity index (χ4v) is 2.73. The van der Waals surface area contributed by atoms with E-state index in [-0.39, 0.29) is 12.5 Å². The maximum absolute atomic E-state index is 12.4. The van der Waals surface area contributed by atoms with Crippen molar-refractivity contribution >= 4 is 28.9 Å². The Bertz CT molecular complexity index is 830. The van der Waals surface area contributed by atoms with Crippen LogP contribution >= 0.6 is 11.6 Å². The number of rotatable bonds is 6. The highest BCUT2D eigenvalue weighted by molar-refractivity contribution is 6.30. The second kappa shape index (κ2) is 8.41. The van der Waals surface area contributed by atoms with Crippen LogP contribution in [0.2, 0.25) is 5.02 Å². The van der Waals surface area contributed by atoms with Gasteiger partial charge in [0.05, 0.1) is 11.4 Å². The first kappa shape index (κ1) is 17.8. The number of aryl methyl sites for hydroxylation is 1. The Kier molecular flexibility index (Phi) is 5.77. The molecule has 0 aliphatic carbocycles. The van der Waals surface area contributed by atoms with Crippen molar-refractivity contribution in [2.45, 2.75) is 6.92 Å². The molecule has 0 spiro atoms. The molecule has 26 heavy (non-hydrogen) atoms. The molecule has 132 valence electrons. The summed E-state index contributed by atoms with van der Waals surface area (Å²) in [4.78, 5) is 12.4. The number of halogens is 1. The predicted molar refractivity (Wildman–Crippen MR) is 105 cm³/mol. The lowest BCUT2D eigenvalue weighted by Crippen LogP contribution is -2.41. The molecule has 0 aliphatic rings. The third-order valence-electron chi connectivity index (χ3n) is 3.76. The van der Waals surface area contributed by atoms with Crippen LogP contribution in [0.5, 0.6) is 5.75 Å². The summed E-state index contributed by atoms with van der Waals surface area (Å²) in [5.74, 6) is 0.377. The standard InChI is InChI=1S/C21H19ClN2O2/c1-16-14-17(22)12-13-20(16)26-15-21(25)23-24(18-8-4-2-5-9-18)19-10-6-3-7-11-19/h2-14H,15H2,1H3,(H,23,25). The van der Waals surface area contributed by atoms with Gasteiger partial charge in [0, 0.05) is 5.02 Å². The Morgan fingerprint density at radius 2 is 1.54 bits per heavy atom. The van der Waals surface area contributed by atoms with Crippen LogP contribution in [0, 0.1) is 6.92 Å². The zero-order chi connectivity index (χ0) is 18.4. The number of hydrazine groups is 1. The van der Waals surface area contributed by atoms with Crippen LogP contribution in [0.4, 0.5) is 11.4 Å². The van der Waals surface area contributed by atoms with Crippen LogP contribution < -0.4 is 15.2 Å². The Morgan fingerprint density at radius 3 is 2.08 bits per heavy atom. The SMILES string of the molecule is Cc1cc(Cl)ccc1OCC(=O)NN(c1ccccc1)c1ccccc1. The zero-order valence-corrected chi connectivity index (χ0v) is 15.1. The van der Waals surface area contributed by atoms with Gasteiger partial charge in [-0.15, -0.1) is 0 Å². The van der Waals surface area contributed by atoms with Gasteiger partial charge >= 0.3 is 0 Å². The van der Waals surface area contributed by atoms with Gasteiger partial charge in [-0.25, -0.2) is 0 Å². The average Bonchev–Trinajstić information content (AvgIpc) is 2.67. The molecular formula is C21H19ClN2O2. The summed E-state index contributed by atoms with van der Waals surface area (Å²) in [6.45, 7) is 1.79. The number of carbonyl (C=O) groups excluding carboxylic acids is 1. The number of ether oxygens (including phenoxy) is 1. The maximum Gasteiger partial charge on any atom is 0.276 e. The van der Waals surface area contributed by atoms with E-state index in [2.05, 4.69) is 5.43 Å². The molecule has 3 aromatic carbocycles. The van der Waals surface area contributed by atoms with Gasteiger partial charge in [0.25, 0.3) is 5.91 Å². The number of nitrogens with one attached hydrogen (secondary N) is 1. The lowest BCUT2D eigenvalue weighted by atomic mass is 10.2. The third-order valence-corrected chi connectivity index (χ3v) is 4.00. The first-order chi connectivity index (χ1) is 12.6. The molecule has 0 bridgehead atoms. The van der Waals surface area contributed by atoms with E-state index in [0.717, 1.165) is 16.9 Å². The predicted octanol–water partition coefficient (Wildman–Crippen LogP) is 4.90. The molecule has 3 rings (SSSR count). The van der Waals surface area contributed by atoms with Crippen molar-refractivity contribution in [3.8, 4) is 5.75 Å². The van der Waals surface area contributed by atoms with Crippen molar-refractivity contribution < 1.29 is 9.53 Å². The molecule has 0 atom stereocenters. The van der Waals surface area contributed by atoms with Crippen molar-refractivity contribution in [2.24, 2.45) is 0 Å². The lowest BCUT2D eigenvalue weighted by molar-refractivity contribution is -0.123. The smallest absolute Gasteiger partial charge is 0.276 e. The zero-order valence-electron chi connectivity index (χ0n) is 14.4. The molecule has 0 saturated carbocycles. The van der Waals surface area contributed by atoms with E-state index in [4.69, 9.17) is 16.3 Å². The highest BCUT2D eigenvalue weighted by Gasteiger charge is 2.13. The highest BCUT2D eigenvalue weighted by atomic mass is 35.5. The van der Waals surface area contributed by atoms with Gasteiger partial charge < -0.3 is 4.74 Å². The molecule has 0 saturated heterocycles. The first-order valence-electron chi connectivity index (χ1n) is 8.22. The van der Waals surface area contributed by atoms with Crippen LogP contribution in [0.1, 0.15) is 5.56 Å². The van der Waals surface area contributed by atoms with Gasteiger partial charge in [-0.05, 0) is 55.0 Å². The van der Waals surface area contributed by atoms with Crippen LogP contribution in [-0.4, -0.2) is 12.5 Å². The highest BCUT2D eigenvalue weighted by Crippen LogP contribution is 2.23. The Balaban J connectivity index is 1.71. The minimum atomic E-state index is -0.257. The van der Waals surface area contributed by atoms with Gasteiger partial charge in [0.1, 0.15) is 5.75 Å². The van der Waals surface area contributed by atoms with E-state index in [9.17, 15) is 4.79 Å². The molecule has 0 heterocycles. The van der Waals surface area contributed by atoms with Gasteiger partial charge in [-0.3, -0.25) is 15.2 Å². The van der Waals surface area contributed by atoms with E-state index < -0.39 is 0 Å². The molecule has 0 aliphatic heterocycles. The molecule has 1 N–H and O–H groups in total. The van der Waals surface area contributed by atoms with E-state index in [1.165, 1.54) is 0 Å². The number of amides is 1. The quantitative estimate of drug-likeness (QED) is 0.631. The summed E-state index contributed by atoms with van der Waals surface area (Å²) in [6, 6.07) is 24.6. The molecule has 0 radical (unpaired) electrons. The van der Waals surface area contributed by atoms with Crippen molar-refractivity contribution in [3.63, 3.8) is 0 Å². The topological polar surface area (TPSA) is 41.6 Å². The minimum Gasteiger partial charge on any atom is -0.483 e. The lowest BCUT2D eigenvalue weighted by Gasteiger charge is -2.25. The molecule has 4 nitrogen and oxygen atoms in total. The summed E-state index contributed by atoms with van der Waals surface area (Å²) in [5.41, 5.74) is 5.49. The molecule has 5 heteroatoms. The number of hydrogen-bond acceptors (Lipinski definition) is 3. The Hall–Kier alpha value is -2.98. The monoisotopic (exact) mass is 366 g/mol. The van der Waals surface area contributed by atoms with Gasteiger partial charge in [0.2, 0.25) is 0 Å². The number of benzene rings is 3. The average molecular weight is 367 g/mol. The minimum absolute atomic E-state index is 0.0986. The van der Waals surface area contributed by atoms with Crippen LogP contribution in [0.15, 0.2) is 78.9 Å². The molecule has 0 fully saturated rings. The molecular weight excluding hydrogens is 348 g/mol. The Labute approximate surface area is 157 Å². The van der Waals surface area contributed by atoms with Crippen molar-refractivity contribution in [2.75, 3.05) is 11.6 Å². The van der Waals surface area contributed by atoms with Crippen molar-refractivity contribution in [3.05, 3.63) is 89.4 Å². The van der Waals surface area contributed by atoms with Crippen LogP contribution in [-0.2, 0) is 4.79 Å². The molecule has 1 amide bonds. The third kappa shape index (κ3) is 4.55. The summed E-state index contributed by atoms with van der Waals surface area (Å²) in [5, 5.41) is 2.37. The van der Waals surface area contributed by atoms with Crippen molar-refractivity contribution in [1.82, 2.24) is 5.43 Å². The number of carbonyl (C=O) groups is 1. The number of nitrogens with zero attached hydrogens (tertiary/aromatic N) is 1. The summed E-state index contributed by atoms with van der Waals surface area (Å²) >= 11 is 5.94. The number of hydrogen-bond donors (Lipinski definition) is 1. The van der Waals surface area contributed by atoms with Gasteiger partial charge in [0.15, 0.2) is 6.61 Å². The second-order valence-electron chi connectivity index (χ2n) is 5.74. The number of anilines is 2. The van der Waals surface area contributed by atoms with E-state index in [1.54, 1.807) is 23.2 Å². The number of para-hydroxylation sites is 2. The largest absolute Gasteiger partial charge is 0.483 e. The van der Waals surface area contributed by atoms with Crippen LogP contribution in [0.3, 0.4) is 0 Å². The summed E-state index contributed by atoms with van der Waals surface area (Å²) in [7, 11) is 0. The first-order valence-corrected chi connectivity index (χ1v) is 8.60. The summed E-state index contributed by atoms with van der Waals surface area (Å²) < 4.78 is 5.63. The van der Waals surface area contributed by atoms with E-state index >= 15 is 0 Å². The fourth-order valence-electron chi connectivity index (χ4n) is 2.51. The molecule has 0 aromatic heterocycles. The fraction of sp³-hybridized carbons (Fsp3) is 0.0952. The second-order valence-corrected chi connectivity index (χ2v) is 6.18.